The number of ether oxygens (including phenoxy) is 1. The van der Waals surface area contributed by atoms with Gasteiger partial charge in [-0.2, -0.15) is 4.98 Å². The summed E-state index contributed by atoms with van der Waals surface area (Å²) < 4.78 is 5.81. The summed E-state index contributed by atoms with van der Waals surface area (Å²) in [5.74, 6) is 0.983. The van der Waals surface area contributed by atoms with E-state index in [0.29, 0.717) is 45.9 Å². The Bertz CT molecular complexity index is 1540. The Balaban J connectivity index is 1.33. The molecular formula is C30H41N11O2. The molecule has 0 bridgehead atoms. The van der Waals surface area contributed by atoms with Crippen LogP contribution < -0.4 is 27.0 Å². The lowest BCUT2D eigenvalue weighted by Crippen LogP contribution is -2.49. The van der Waals surface area contributed by atoms with Gasteiger partial charge in [0.25, 0.3) is 5.91 Å². The fourth-order valence-corrected chi connectivity index (χ4v) is 5.03. The van der Waals surface area contributed by atoms with Gasteiger partial charge in [0, 0.05) is 61.7 Å². The monoisotopic (exact) mass is 587 g/mol. The van der Waals surface area contributed by atoms with Crippen LogP contribution in [0.3, 0.4) is 0 Å². The number of hydrogen-bond acceptors (Lipinski definition) is 12. The van der Waals surface area contributed by atoms with E-state index in [0.717, 1.165) is 57.7 Å². The van der Waals surface area contributed by atoms with Crippen LogP contribution in [-0.2, 0) is 4.74 Å². The SMILES string of the molecule is Cc1ccc(C(=O)N/C(N)=C/C(=N)C(C)(C)C)cc1Nc1ncnc2c(N)nc(N3CCN(CC4CCCO4)CC3)nc12. The summed E-state index contributed by atoms with van der Waals surface area (Å²) in [4.78, 5) is 35.7. The van der Waals surface area contributed by atoms with Crippen molar-refractivity contribution in [3.05, 3.63) is 47.6 Å². The lowest BCUT2D eigenvalue weighted by atomic mass is 9.90. The van der Waals surface area contributed by atoms with Crippen molar-refractivity contribution >= 4 is 45.9 Å². The number of nitrogens with two attached hydrogens (primary N) is 2. The molecular weight excluding hydrogens is 546 g/mol. The van der Waals surface area contributed by atoms with Crippen LogP contribution in [0, 0.1) is 17.7 Å². The molecule has 4 heterocycles. The normalized spacial score (nSPS) is 18.2. The third-order valence-electron chi connectivity index (χ3n) is 7.76. The van der Waals surface area contributed by atoms with Crippen LogP contribution in [0.15, 0.2) is 36.4 Å². The molecule has 2 aliphatic heterocycles. The number of nitrogens with zero attached hydrogens (tertiary/aromatic N) is 6. The molecule has 13 nitrogen and oxygen atoms in total. The van der Waals surface area contributed by atoms with Crippen molar-refractivity contribution in [1.29, 1.82) is 5.41 Å². The fraction of sp³-hybridized carbons (Fsp3) is 0.467. The fourth-order valence-electron chi connectivity index (χ4n) is 5.03. The van der Waals surface area contributed by atoms with Crippen LogP contribution >= 0.6 is 0 Å². The van der Waals surface area contributed by atoms with E-state index in [1.807, 2.05) is 33.8 Å². The number of aryl methyl sites for hydroxylation is 1. The van der Waals surface area contributed by atoms with Crippen molar-refractivity contribution in [3.8, 4) is 0 Å². The molecule has 1 amide bonds. The minimum absolute atomic E-state index is 0.106. The van der Waals surface area contributed by atoms with Crippen molar-refractivity contribution in [2.75, 3.05) is 55.3 Å². The molecule has 13 heteroatoms. The number of amides is 1. The number of nitrogens with one attached hydrogen (secondary N) is 3. The standard InChI is InChI=1S/C30H41N11O2/c1-18-7-8-19(28(42)37-23(32)15-22(31)30(2,3)4)14-21(18)36-27-25-24(34-17-35-27)26(33)39-29(38-25)41-11-9-40(10-12-41)16-20-6-5-13-43-20/h7-8,14-15,17,20,31H,5-6,9-13,16,32H2,1-4H3,(H,37,42)(H2,33,38,39)(H,34,35,36)/b23-15+,31-22?. The maximum atomic E-state index is 13.0. The average Bonchev–Trinajstić information content (AvgIpc) is 3.47. The van der Waals surface area contributed by atoms with E-state index in [2.05, 4.69) is 35.4 Å². The lowest BCUT2D eigenvalue weighted by molar-refractivity contribution is 0.0712. The molecule has 1 unspecified atom stereocenters. The number of piperazine rings is 1. The van der Waals surface area contributed by atoms with Gasteiger partial charge in [0.15, 0.2) is 11.6 Å². The zero-order chi connectivity index (χ0) is 30.7. The highest BCUT2D eigenvalue weighted by Gasteiger charge is 2.25. The summed E-state index contributed by atoms with van der Waals surface area (Å²) in [6.07, 6.45) is 5.47. The van der Waals surface area contributed by atoms with Gasteiger partial charge < -0.3 is 37.1 Å². The van der Waals surface area contributed by atoms with Gasteiger partial charge in [-0.25, -0.2) is 15.0 Å². The Hall–Kier alpha value is -4.36. The number of anilines is 4. The summed E-state index contributed by atoms with van der Waals surface area (Å²) in [6.45, 7) is 12.8. The van der Waals surface area contributed by atoms with Crippen molar-refractivity contribution in [2.45, 2.75) is 46.6 Å². The van der Waals surface area contributed by atoms with Crippen LogP contribution in [0.4, 0.5) is 23.3 Å². The predicted molar refractivity (Wildman–Crippen MR) is 169 cm³/mol. The maximum absolute atomic E-state index is 13.0. The first-order valence-corrected chi connectivity index (χ1v) is 14.6. The molecule has 2 fully saturated rings. The van der Waals surface area contributed by atoms with Crippen LogP contribution in [0.1, 0.15) is 49.5 Å². The molecule has 0 spiro atoms. The lowest BCUT2D eigenvalue weighted by Gasteiger charge is -2.35. The van der Waals surface area contributed by atoms with Gasteiger partial charge in [0.05, 0.1) is 6.10 Å². The van der Waals surface area contributed by atoms with Gasteiger partial charge >= 0.3 is 0 Å². The molecule has 3 aromatic rings. The summed E-state index contributed by atoms with van der Waals surface area (Å²) in [5.41, 5.74) is 15.2. The number of rotatable bonds is 8. The van der Waals surface area contributed by atoms with Crippen LogP contribution in [0.2, 0.25) is 0 Å². The zero-order valence-corrected chi connectivity index (χ0v) is 25.3. The predicted octanol–water partition coefficient (Wildman–Crippen LogP) is 2.95. The summed E-state index contributed by atoms with van der Waals surface area (Å²) in [5, 5.41) is 14.1. The second-order valence-corrected chi connectivity index (χ2v) is 12.1. The number of carbonyl (C=O) groups is 1. The minimum Gasteiger partial charge on any atom is -0.385 e. The largest absolute Gasteiger partial charge is 0.385 e. The van der Waals surface area contributed by atoms with Gasteiger partial charge in [-0.15, -0.1) is 0 Å². The quantitative estimate of drug-likeness (QED) is 0.244. The van der Waals surface area contributed by atoms with Crippen molar-refractivity contribution in [2.24, 2.45) is 11.1 Å². The Kier molecular flexibility index (Phi) is 8.74. The summed E-state index contributed by atoms with van der Waals surface area (Å²) in [6, 6.07) is 5.27. The molecule has 2 aliphatic rings. The molecule has 7 N–H and O–H groups in total. The number of nitrogen functional groups attached to an aromatic ring is 1. The van der Waals surface area contributed by atoms with E-state index in [9.17, 15) is 4.79 Å². The molecule has 2 saturated heterocycles. The first kappa shape index (κ1) is 30.1. The molecule has 5 rings (SSSR count). The van der Waals surface area contributed by atoms with E-state index in [-0.39, 0.29) is 17.1 Å². The maximum Gasteiger partial charge on any atom is 0.256 e. The smallest absolute Gasteiger partial charge is 0.256 e. The topological polar surface area (TPSA) is 184 Å². The molecule has 0 aliphatic carbocycles. The zero-order valence-electron chi connectivity index (χ0n) is 25.3. The highest BCUT2D eigenvalue weighted by atomic mass is 16.5. The summed E-state index contributed by atoms with van der Waals surface area (Å²) >= 11 is 0. The van der Waals surface area contributed by atoms with Gasteiger partial charge in [0.1, 0.15) is 23.2 Å². The van der Waals surface area contributed by atoms with E-state index in [1.165, 1.54) is 12.4 Å². The van der Waals surface area contributed by atoms with Gasteiger partial charge in [0.2, 0.25) is 5.95 Å². The number of carbonyl (C=O) groups excluding carboxylic acids is 1. The molecule has 0 radical (unpaired) electrons. The van der Waals surface area contributed by atoms with Crippen molar-refractivity contribution in [1.82, 2.24) is 30.2 Å². The highest BCUT2D eigenvalue weighted by Crippen LogP contribution is 2.28. The first-order valence-electron chi connectivity index (χ1n) is 14.6. The van der Waals surface area contributed by atoms with Crippen molar-refractivity contribution in [3.63, 3.8) is 0 Å². The van der Waals surface area contributed by atoms with E-state index in [4.69, 9.17) is 26.6 Å². The molecule has 1 atom stereocenters. The minimum atomic E-state index is -0.390. The van der Waals surface area contributed by atoms with Crippen molar-refractivity contribution < 1.29 is 9.53 Å². The first-order chi connectivity index (χ1) is 20.5. The second-order valence-electron chi connectivity index (χ2n) is 12.1. The van der Waals surface area contributed by atoms with E-state index >= 15 is 0 Å². The Morgan fingerprint density at radius 2 is 1.93 bits per heavy atom. The molecule has 43 heavy (non-hydrogen) atoms. The third kappa shape index (κ3) is 7.17. The average molecular weight is 588 g/mol. The number of fused-ring (bicyclic) bond motifs is 1. The third-order valence-corrected chi connectivity index (χ3v) is 7.76. The summed E-state index contributed by atoms with van der Waals surface area (Å²) in [7, 11) is 0. The number of benzene rings is 1. The van der Waals surface area contributed by atoms with Crippen LogP contribution in [0.5, 0.6) is 0 Å². The number of hydrogen-bond donors (Lipinski definition) is 5. The van der Waals surface area contributed by atoms with E-state index < -0.39 is 5.91 Å². The second kappa shape index (κ2) is 12.5. The Morgan fingerprint density at radius 1 is 1.16 bits per heavy atom. The van der Waals surface area contributed by atoms with Crippen LogP contribution in [0.25, 0.3) is 11.0 Å². The molecule has 228 valence electrons. The highest BCUT2D eigenvalue weighted by molar-refractivity contribution is 6.00. The number of allylic oxidation sites excluding steroid dienone is 1. The van der Waals surface area contributed by atoms with E-state index in [1.54, 1.807) is 12.1 Å². The van der Waals surface area contributed by atoms with Gasteiger partial charge in [-0.3, -0.25) is 9.69 Å². The molecule has 0 saturated carbocycles. The molecule has 1 aromatic carbocycles. The molecule has 2 aromatic heterocycles. The van der Waals surface area contributed by atoms with Gasteiger partial charge in [-0.05, 0) is 43.5 Å². The van der Waals surface area contributed by atoms with Crippen LogP contribution in [-0.4, -0.2) is 81.9 Å². The van der Waals surface area contributed by atoms with Gasteiger partial charge in [-0.1, -0.05) is 26.8 Å². The Morgan fingerprint density at radius 3 is 2.63 bits per heavy atom. The number of aromatic nitrogens is 4. The Labute approximate surface area is 251 Å².